The number of rotatable bonds is 10. The van der Waals surface area contributed by atoms with Crippen LogP contribution < -0.4 is 20.1 Å². The summed E-state index contributed by atoms with van der Waals surface area (Å²) in [6.45, 7) is 8.46. The molecule has 0 aliphatic carbocycles. The Labute approximate surface area is 188 Å². The number of carbonyl (C=O) groups is 2. The lowest BCUT2D eigenvalue weighted by molar-refractivity contribution is -0.122. The van der Waals surface area contributed by atoms with Gasteiger partial charge >= 0.3 is 0 Å². The van der Waals surface area contributed by atoms with E-state index < -0.39 is 6.04 Å². The number of benzene rings is 2. The van der Waals surface area contributed by atoms with Crippen LogP contribution >= 0.6 is 11.6 Å². The first-order chi connectivity index (χ1) is 14.7. The number of carbonyl (C=O) groups excluding carboxylic acids is 2. The predicted molar refractivity (Wildman–Crippen MR) is 124 cm³/mol. The summed E-state index contributed by atoms with van der Waals surface area (Å²) in [5, 5.41) is 6.25. The van der Waals surface area contributed by atoms with Crippen LogP contribution in [0.25, 0.3) is 0 Å². The summed E-state index contributed by atoms with van der Waals surface area (Å²) in [5.41, 5.74) is 2.16. The van der Waals surface area contributed by atoms with Crippen LogP contribution in [0, 0.1) is 6.92 Å². The van der Waals surface area contributed by atoms with Crippen molar-refractivity contribution in [1.82, 2.24) is 4.90 Å². The van der Waals surface area contributed by atoms with E-state index in [0.717, 1.165) is 5.56 Å². The highest BCUT2D eigenvalue weighted by Crippen LogP contribution is 2.30. The highest BCUT2D eigenvalue weighted by Gasteiger charge is 2.21. The van der Waals surface area contributed by atoms with Gasteiger partial charge in [0, 0.05) is 22.5 Å². The van der Waals surface area contributed by atoms with Crippen LogP contribution in [0.4, 0.5) is 11.4 Å². The van der Waals surface area contributed by atoms with Crippen molar-refractivity contribution in [3.8, 4) is 11.5 Å². The van der Waals surface area contributed by atoms with Crippen molar-refractivity contribution < 1.29 is 19.1 Å². The molecule has 0 saturated carbocycles. The predicted octanol–water partition coefficient (Wildman–Crippen LogP) is 4.34. The van der Waals surface area contributed by atoms with Crippen LogP contribution in [0.2, 0.25) is 5.02 Å². The number of hydrogen-bond acceptors (Lipinski definition) is 5. The molecule has 0 heterocycles. The molecule has 0 aliphatic heterocycles. The minimum Gasteiger partial charge on any atom is -0.490 e. The van der Waals surface area contributed by atoms with Gasteiger partial charge in [-0.1, -0.05) is 17.7 Å². The Morgan fingerprint density at radius 1 is 1.03 bits per heavy atom. The lowest BCUT2D eigenvalue weighted by Crippen LogP contribution is -2.43. The zero-order chi connectivity index (χ0) is 23.0. The lowest BCUT2D eigenvalue weighted by atomic mass is 10.2. The van der Waals surface area contributed by atoms with Gasteiger partial charge in [0.1, 0.15) is 0 Å². The highest BCUT2D eigenvalue weighted by atomic mass is 35.5. The number of anilines is 2. The van der Waals surface area contributed by atoms with Crippen LogP contribution in [0.5, 0.6) is 11.5 Å². The summed E-state index contributed by atoms with van der Waals surface area (Å²) in [6.07, 6.45) is 0. The third-order valence-corrected chi connectivity index (χ3v) is 4.95. The summed E-state index contributed by atoms with van der Waals surface area (Å²) >= 11 is 6.01. The van der Waals surface area contributed by atoms with Gasteiger partial charge in [0.2, 0.25) is 11.8 Å². The van der Waals surface area contributed by atoms with Crippen LogP contribution in [-0.4, -0.2) is 49.6 Å². The maximum atomic E-state index is 12.6. The summed E-state index contributed by atoms with van der Waals surface area (Å²) in [5.74, 6) is 0.731. The second-order valence-electron chi connectivity index (χ2n) is 7.12. The number of halogens is 1. The SMILES string of the molecule is CCOc1ccc(NC(=O)CN(C)C(C)C(=O)Nc2cc(Cl)ccc2C)cc1OCC. The van der Waals surface area contributed by atoms with Crippen LogP contribution in [0.1, 0.15) is 26.3 Å². The van der Waals surface area contributed by atoms with Gasteiger partial charge in [-0.15, -0.1) is 0 Å². The van der Waals surface area contributed by atoms with Gasteiger partial charge in [-0.05, 0) is 64.6 Å². The fourth-order valence-electron chi connectivity index (χ4n) is 2.86. The van der Waals surface area contributed by atoms with Crippen molar-refractivity contribution in [3.63, 3.8) is 0 Å². The second-order valence-corrected chi connectivity index (χ2v) is 7.55. The Morgan fingerprint density at radius 2 is 1.71 bits per heavy atom. The molecule has 2 amide bonds. The molecule has 8 heteroatoms. The van der Waals surface area contributed by atoms with Crippen molar-refractivity contribution in [2.24, 2.45) is 0 Å². The van der Waals surface area contributed by atoms with Crippen LogP contribution in [0.3, 0.4) is 0 Å². The number of hydrogen-bond donors (Lipinski definition) is 2. The number of nitrogens with zero attached hydrogens (tertiary/aromatic N) is 1. The Kier molecular flexibility index (Phi) is 9.15. The monoisotopic (exact) mass is 447 g/mol. The standard InChI is InChI=1S/C23H30ClN3O4/c1-6-30-20-11-10-18(13-21(20)31-7-2)25-22(28)14-27(5)16(4)23(29)26-19-12-17(24)9-8-15(19)3/h8-13,16H,6-7,14H2,1-5H3,(H,25,28)(H,26,29). The molecule has 0 spiro atoms. The van der Waals surface area contributed by atoms with Gasteiger partial charge in [0.25, 0.3) is 0 Å². The molecule has 1 unspecified atom stereocenters. The van der Waals surface area contributed by atoms with Crippen molar-refractivity contribution >= 4 is 34.8 Å². The molecule has 2 aromatic rings. The third-order valence-electron chi connectivity index (χ3n) is 4.72. The number of likely N-dealkylation sites (N-methyl/N-ethyl adjacent to an activating group) is 1. The summed E-state index contributed by atoms with van der Waals surface area (Å²) in [4.78, 5) is 26.8. The normalized spacial score (nSPS) is 11.7. The highest BCUT2D eigenvalue weighted by molar-refractivity contribution is 6.31. The third kappa shape index (κ3) is 7.15. The minimum atomic E-state index is -0.525. The minimum absolute atomic E-state index is 0.0420. The molecule has 2 N–H and O–H groups in total. The first-order valence-corrected chi connectivity index (χ1v) is 10.6. The van der Waals surface area contributed by atoms with Gasteiger partial charge in [-0.2, -0.15) is 0 Å². The summed E-state index contributed by atoms with van der Waals surface area (Å²) < 4.78 is 11.1. The molecule has 0 aliphatic rings. The Hall–Kier alpha value is -2.77. The fourth-order valence-corrected chi connectivity index (χ4v) is 3.03. The van der Waals surface area contributed by atoms with Crippen molar-refractivity contribution in [2.75, 3.05) is 37.4 Å². The van der Waals surface area contributed by atoms with E-state index in [4.69, 9.17) is 21.1 Å². The first-order valence-electron chi connectivity index (χ1n) is 10.2. The average Bonchev–Trinajstić information content (AvgIpc) is 2.72. The number of amides is 2. The van der Waals surface area contributed by atoms with Crippen molar-refractivity contribution in [1.29, 1.82) is 0 Å². The van der Waals surface area contributed by atoms with Crippen molar-refractivity contribution in [3.05, 3.63) is 47.0 Å². The molecule has 0 fully saturated rings. The molecule has 168 valence electrons. The van der Waals surface area contributed by atoms with Gasteiger partial charge in [0.05, 0.1) is 25.8 Å². The van der Waals surface area contributed by atoms with Gasteiger partial charge in [0.15, 0.2) is 11.5 Å². The van der Waals surface area contributed by atoms with E-state index in [-0.39, 0.29) is 18.4 Å². The fraction of sp³-hybridized carbons (Fsp3) is 0.391. The molecule has 1 atom stereocenters. The summed E-state index contributed by atoms with van der Waals surface area (Å²) in [6, 6.07) is 10.0. The largest absolute Gasteiger partial charge is 0.490 e. The molecular weight excluding hydrogens is 418 g/mol. The molecule has 0 bridgehead atoms. The Morgan fingerprint density at radius 3 is 2.39 bits per heavy atom. The summed E-state index contributed by atoms with van der Waals surface area (Å²) in [7, 11) is 1.72. The van der Waals surface area contributed by atoms with E-state index in [9.17, 15) is 9.59 Å². The molecular formula is C23H30ClN3O4. The number of nitrogens with one attached hydrogen (secondary N) is 2. The first kappa shape index (κ1) is 24.5. The van der Waals surface area contributed by atoms with Crippen molar-refractivity contribution in [2.45, 2.75) is 33.7 Å². The van der Waals surface area contributed by atoms with Gasteiger partial charge in [-0.3, -0.25) is 14.5 Å². The Balaban J connectivity index is 1.97. The Bertz CT molecular complexity index is 920. The quantitative estimate of drug-likeness (QED) is 0.566. The average molecular weight is 448 g/mol. The van der Waals surface area contributed by atoms with E-state index in [1.54, 1.807) is 49.2 Å². The molecule has 31 heavy (non-hydrogen) atoms. The molecule has 2 aromatic carbocycles. The molecule has 2 rings (SSSR count). The topological polar surface area (TPSA) is 79.9 Å². The molecule has 7 nitrogen and oxygen atoms in total. The van der Waals surface area contributed by atoms with E-state index in [1.165, 1.54) is 0 Å². The van der Waals surface area contributed by atoms with E-state index >= 15 is 0 Å². The van der Waals surface area contributed by atoms with E-state index in [0.29, 0.717) is 41.1 Å². The molecule has 0 aromatic heterocycles. The van der Waals surface area contributed by atoms with Gasteiger partial charge in [-0.25, -0.2) is 0 Å². The maximum absolute atomic E-state index is 12.6. The number of ether oxygens (including phenoxy) is 2. The van der Waals surface area contributed by atoms with Gasteiger partial charge < -0.3 is 20.1 Å². The van der Waals surface area contributed by atoms with Crippen LogP contribution in [-0.2, 0) is 9.59 Å². The number of aryl methyl sites for hydroxylation is 1. The van der Waals surface area contributed by atoms with E-state index in [1.807, 2.05) is 26.8 Å². The zero-order valence-electron chi connectivity index (χ0n) is 18.6. The zero-order valence-corrected chi connectivity index (χ0v) is 19.4. The molecule has 0 saturated heterocycles. The van der Waals surface area contributed by atoms with Crippen LogP contribution in [0.15, 0.2) is 36.4 Å². The second kappa shape index (κ2) is 11.6. The smallest absolute Gasteiger partial charge is 0.241 e. The lowest BCUT2D eigenvalue weighted by Gasteiger charge is -2.24. The molecule has 0 radical (unpaired) electrons. The maximum Gasteiger partial charge on any atom is 0.241 e. The van der Waals surface area contributed by atoms with E-state index in [2.05, 4.69) is 10.6 Å².